The average molecular weight is 1180 g/mol. The molecule has 0 radical (unpaired) electrons. The zero-order valence-electron chi connectivity index (χ0n) is 44.7. The number of quaternary nitrogens is 1. The SMILES string of the molecule is FC(F)(F)Oc1ccc(NC2CC[NH2+]CC2)cc1.O=C(CCCN1CCN(c2ccc(C(F)(F)F)cc2)CC1)N1CCC(Nc2ccc(OC(F)(F)F)cc2)CC1.O=C([O-])CCCN1CCN(c2ccc(C(F)(F)F)cc2)CC1.[Cl-].[Li+]. The smallest absolute Gasteiger partial charge is 1.00 e. The summed E-state index contributed by atoms with van der Waals surface area (Å²) in [6.45, 7) is 10.9. The van der Waals surface area contributed by atoms with Gasteiger partial charge >= 0.3 is 43.9 Å². The van der Waals surface area contributed by atoms with Crippen LogP contribution in [0, 0.1) is 0 Å². The first-order valence-corrected chi connectivity index (χ1v) is 26.2. The minimum absolute atomic E-state index is 0. The van der Waals surface area contributed by atoms with Crippen molar-refractivity contribution in [1.82, 2.24) is 14.7 Å². The molecule has 0 unspecified atom stereocenters. The molecule has 4 heterocycles. The maximum absolute atomic E-state index is 12.8. The molecule has 4 aromatic rings. The maximum atomic E-state index is 12.8. The largest absolute Gasteiger partial charge is 1.00 e. The van der Waals surface area contributed by atoms with Crippen molar-refractivity contribution in [3.05, 3.63) is 108 Å². The first-order valence-electron chi connectivity index (χ1n) is 26.2. The van der Waals surface area contributed by atoms with Gasteiger partial charge in [-0.25, -0.2) is 0 Å². The minimum Gasteiger partial charge on any atom is -1.00 e. The fourth-order valence-corrected chi connectivity index (χ4v) is 9.56. The Morgan fingerprint density at radius 1 is 0.506 bits per heavy atom. The van der Waals surface area contributed by atoms with Gasteiger partial charge in [-0.3, -0.25) is 14.6 Å². The number of aliphatic carboxylic acids is 1. The van der Waals surface area contributed by atoms with Gasteiger partial charge in [-0.15, -0.1) is 26.3 Å². The number of nitrogens with two attached hydrogens (primary N) is 1. The van der Waals surface area contributed by atoms with Gasteiger partial charge < -0.3 is 62.4 Å². The minimum atomic E-state index is -4.72. The second-order valence-corrected chi connectivity index (χ2v) is 19.6. The first-order chi connectivity index (χ1) is 37.3. The molecule has 0 aliphatic carbocycles. The van der Waals surface area contributed by atoms with Crippen molar-refractivity contribution in [3.8, 4) is 11.5 Å². The number of halogens is 13. The summed E-state index contributed by atoms with van der Waals surface area (Å²) in [6, 6.07) is 22.5. The van der Waals surface area contributed by atoms with Gasteiger partial charge in [-0.1, -0.05) is 0 Å². The molecule has 1 amide bonds. The number of hydrogen-bond acceptors (Lipinski definition) is 11. The van der Waals surface area contributed by atoms with E-state index in [0.29, 0.717) is 44.2 Å². The van der Waals surface area contributed by atoms with E-state index in [9.17, 15) is 67.4 Å². The quantitative estimate of drug-likeness (QED) is 0.113. The summed E-state index contributed by atoms with van der Waals surface area (Å²) in [5.41, 5.74) is 1.80. The van der Waals surface area contributed by atoms with Crippen molar-refractivity contribution >= 4 is 34.6 Å². The number of benzene rings is 4. The molecule has 4 aliphatic rings. The first kappa shape index (κ1) is 68.0. The number of anilines is 4. The molecule has 4 fully saturated rings. The van der Waals surface area contributed by atoms with E-state index in [1.165, 1.54) is 48.5 Å². The van der Waals surface area contributed by atoms with Crippen LogP contribution in [-0.2, 0) is 21.9 Å². The number of carbonyl (C=O) groups is 2. The van der Waals surface area contributed by atoms with Crippen LogP contribution in [-0.4, -0.2) is 143 Å². The Kier molecular flexibility index (Phi) is 26.7. The number of likely N-dealkylation sites (tertiary alicyclic amines) is 1. The number of rotatable bonds is 16. The third-order valence-electron chi connectivity index (χ3n) is 13.8. The number of alkyl halides is 12. The summed E-state index contributed by atoms with van der Waals surface area (Å²) < 4.78 is 156. The third kappa shape index (κ3) is 24.5. The third-order valence-corrected chi connectivity index (χ3v) is 13.8. The van der Waals surface area contributed by atoms with Crippen LogP contribution in [0.4, 0.5) is 75.4 Å². The van der Waals surface area contributed by atoms with E-state index in [2.05, 4.69) is 40.1 Å². The van der Waals surface area contributed by atoms with Crippen LogP contribution >= 0.6 is 0 Å². The second kappa shape index (κ2) is 31.8. The Bertz CT molecular complexity index is 2450. The number of carboxylic acids is 1. The number of amides is 1. The topological polar surface area (TPSA) is 133 Å². The Labute approximate surface area is 481 Å². The number of ether oxygens (including phenoxy) is 2. The van der Waals surface area contributed by atoms with E-state index in [1.54, 1.807) is 24.3 Å². The summed E-state index contributed by atoms with van der Waals surface area (Å²) in [6.07, 6.45) is -12.6. The average Bonchev–Trinajstić information content (AvgIpc) is 3.40. The molecule has 444 valence electrons. The molecule has 27 heteroatoms. The van der Waals surface area contributed by atoms with Gasteiger partial charge in [-0.05, 0) is 142 Å². The summed E-state index contributed by atoms with van der Waals surface area (Å²) in [7, 11) is 0. The van der Waals surface area contributed by atoms with Crippen LogP contribution in [0.3, 0.4) is 0 Å². The molecule has 4 N–H and O–H groups in total. The van der Waals surface area contributed by atoms with E-state index in [0.717, 1.165) is 145 Å². The van der Waals surface area contributed by atoms with Crippen molar-refractivity contribution in [2.75, 3.05) is 112 Å². The van der Waals surface area contributed by atoms with Crippen molar-refractivity contribution in [1.29, 1.82) is 0 Å². The molecular weight excluding hydrogens is 1110 g/mol. The maximum Gasteiger partial charge on any atom is 1.00 e. The van der Waals surface area contributed by atoms with Crippen LogP contribution in [0.25, 0.3) is 0 Å². The summed E-state index contributed by atoms with van der Waals surface area (Å²) in [5.74, 6) is -1.38. The fourth-order valence-electron chi connectivity index (χ4n) is 9.56. The Morgan fingerprint density at radius 3 is 1.21 bits per heavy atom. The standard InChI is InChI=1S/C27H32F6N4O2.C15H19F3N2O2.C12H15F3N2O.ClH.Li/c28-26(29,30)20-3-7-23(8-4-20)36-18-16-35(17-19-36)13-1-2-25(38)37-14-11-22(12-15-37)34-21-5-9-24(10-6-21)39-27(31,32)33;16-15(17,18)12-3-5-13(6-4-12)20-10-8-19(9-11-20)7-1-2-14(21)22;13-12(14,15)18-11-3-1-9(2-4-11)17-10-5-7-16-8-6-10;;/h3-10,22,34H,1-2,11-19H2;3-6H,1-2,7-11H2,(H,21,22);1-4,10,16-17H,5-8H2;1H;/q;;;;+1/p-1. The van der Waals surface area contributed by atoms with E-state index in [1.807, 2.05) is 9.80 Å². The molecule has 4 saturated heterocycles. The number of piperazine rings is 2. The Hall–Kier alpha value is -5.45. The predicted molar refractivity (Wildman–Crippen MR) is 271 cm³/mol. The van der Waals surface area contributed by atoms with E-state index < -0.39 is 42.2 Å². The normalized spacial score (nSPS) is 17.0. The van der Waals surface area contributed by atoms with Crippen molar-refractivity contribution in [2.24, 2.45) is 0 Å². The van der Waals surface area contributed by atoms with Crippen LogP contribution in [0.5, 0.6) is 11.5 Å². The molecule has 8 rings (SSSR count). The molecule has 4 aliphatic heterocycles. The Morgan fingerprint density at radius 2 is 0.864 bits per heavy atom. The molecule has 81 heavy (non-hydrogen) atoms. The number of nitrogens with zero attached hydrogens (tertiary/aromatic N) is 5. The molecular formula is C54H66ClF12LiN8O5. The molecule has 0 spiro atoms. The van der Waals surface area contributed by atoms with E-state index in [-0.39, 0.29) is 61.1 Å². The van der Waals surface area contributed by atoms with Gasteiger partial charge in [0.2, 0.25) is 5.91 Å². The molecule has 13 nitrogen and oxygen atoms in total. The number of nitrogens with one attached hydrogen (secondary N) is 2. The van der Waals surface area contributed by atoms with Crippen LogP contribution in [0.2, 0.25) is 0 Å². The fraction of sp³-hybridized carbons (Fsp3) is 0.519. The van der Waals surface area contributed by atoms with Crippen LogP contribution in [0.15, 0.2) is 97.1 Å². The molecule has 0 saturated carbocycles. The van der Waals surface area contributed by atoms with Crippen molar-refractivity contribution in [3.63, 3.8) is 0 Å². The number of hydrogen-bond donors (Lipinski definition) is 3. The molecule has 0 aromatic heterocycles. The van der Waals surface area contributed by atoms with Crippen molar-refractivity contribution in [2.45, 2.75) is 88.5 Å². The predicted octanol–water partition coefficient (Wildman–Crippen LogP) is 2.70. The molecule has 0 bridgehead atoms. The van der Waals surface area contributed by atoms with Crippen LogP contribution < -0.4 is 71.6 Å². The van der Waals surface area contributed by atoms with E-state index >= 15 is 0 Å². The van der Waals surface area contributed by atoms with E-state index in [4.69, 9.17) is 0 Å². The van der Waals surface area contributed by atoms with Gasteiger partial charge in [0.15, 0.2) is 0 Å². The molecule has 0 atom stereocenters. The van der Waals surface area contributed by atoms with Crippen LogP contribution in [0.1, 0.15) is 62.5 Å². The van der Waals surface area contributed by atoms with Gasteiger partial charge in [-0.2, -0.15) is 26.3 Å². The number of carbonyl (C=O) groups excluding carboxylic acids is 2. The monoisotopic (exact) mass is 1180 g/mol. The second-order valence-electron chi connectivity index (χ2n) is 19.6. The zero-order chi connectivity index (χ0) is 57.2. The summed E-state index contributed by atoms with van der Waals surface area (Å²) >= 11 is 0. The zero-order valence-corrected chi connectivity index (χ0v) is 45.5. The number of piperidine rings is 2. The molecule has 4 aromatic carbocycles. The number of carboxylic acid groups (broad SMARTS) is 1. The van der Waals surface area contributed by atoms with Gasteiger partial charge in [0.1, 0.15) is 11.5 Å². The van der Waals surface area contributed by atoms with Gasteiger partial charge in [0.05, 0.1) is 24.2 Å². The van der Waals surface area contributed by atoms with Crippen molar-refractivity contribution < 1.29 is 113 Å². The van der Waals surface area contributed by atoms with Gasteiger partial charge in [0.25, 0.3) is 0 Å². The Balaban J connectivity index is 0.000000284. The summed E-state index contributed by atoms with van der Waals surface area (Å²) in [5, 5.41) is 19.2. The van der Waals surface area contributed by atoms with Gasteiger partial charge in [0, 0.05) is 126 Å². The summed E-state index contributed by atoms with van der Waals surface area (Å²) in [4.78, 5) is 33.4.